The Kier molecular flexibility index (Phi) is 4.90. The number of hydrogen-bond donors (Lipinski definition) is 1. The smallest absolute Gasteiger partial charge is 0.191 e. The van der Waals surface area contributed by atoms with Crippen LogP contribution in [0.15, 0.2) is 24.4 Å². The van der Waals surface area contributed by atoms with Gasteiger partial charge in [0.25, 0.3) is 0 Å². The molecule has 1 aromatic heterocycles. The highest BCUT2D eigenvalue weighted by molar-refractivity contribution is 5.31. The average molecular weight is 295 g/mol. The van der Waals surface area contributed by atoms with Gasteiger partial charge in [-0.2, -0.15) is 5.10 Å². The summed E-state index contributed by atoms with van der Waals surface area (Å²) >= 11 is 0. The fraction of sp³-hybridized carbons (Fsp3) is 0.400. The first kappa shape index (κ1) is 15.4. The predicted octanol–water partition coefficient (Wildman–Crippen LogP) is 2.78. The molecular weight excluding hydrogens is 276 g/mol. The van der Waals surface area contributed by atoms with Crippen LogP contribution in [0.3, 0.4) is 0 Å². The predicted molar refractivity (Wildman–Crippen MR) is 75.9 cm³/mol. The van der Waals surface area contributed by atoms with E-state index in [1.54, 1.807) is 24.0 Å². The summed E-state index contributed by atoms with van der Waals surface area (Å²) < 4.78 is 34.7. The van der Waals surface area contributed by atoms with E-state index in [-0.39, 0.29) is 18.4 Å². The van der Waals surface area contributed by atoms with Crippen molar-refractivity contribution in [2.75, 3.05) is 0 Å². The summed E-state index contributed by atoms with van der Waals surface area (Å²) in [5.74, 6) is -1.77. The Hall–Kier alpha value is -1.95. The molecule has 1 N–H and O–H groups in total. The SMILES string of the molecule is CC(C)NCc1cc(F)c(OCc2ccn(C)n2)c(F)c1. The van der Waals surface area contributed by atoms with Crippen LogP contribution in [-0.4, -0.2) is 15.8 Å². The Morgan fingerprint density at radius 2 is 1.95 bits per heavy atom. The molecule has 2 rings (SSSR count). The summed E-state index contributed by atoms with van der Waals surface area (Å²) in [4.78, 5) is 0. The van der Waals surface area contributed by atoms with E-state index in [4.69, 9.17) is 4.74 Å². The van der Waals surface area contributed by atoms with Gasteiger partial charge in [0.2, 0.25) is 0 Å². The minimum Gasteiger partial charge on any atom is -0.481 e. The standard InChI is InChI=1S/C15H19F2N3O/c1-10(2)18-8-11-6-13(16)15(14(17)7-11)21-9-12-4-5-20(3)19-12/h4-7,10,18H,8-9H2,1-3H3. The summed E-state index contributed by atoms with van der Waals surface area (Å²) in [6, 6.07) is 4.55. The number of nitrogens with one attached hydrogen (secondary N) is 1. The Labute approximate surface area is 122 Å². The Morgan fingerprint density at radius 1 is 1.29 bits per heavy atom. The Balaban J connectivity index is 2.06. The number of nitrogens with zero attached hydrogens (tertiary/aromatic N) is 2. The summed E-state index contributed by atoms with van der Waals surface area (Å²) in [5.41, 5.74) is 1.16. The van der Waals surface area contributed by atoms with Crippen LogP contribution in [0.4, 0.5) is 8.78 Å². The molecule has 0 saturated carbocycles. The van der Waals surface area contributed by atoms with Crippen molar-refractivity contribution in [3.05, 3.63) is 47.3 Å². The number of rotatable bonds is 6. The van der Waals surface area contributed by atoms with E-state index in [0.717, 1.165) is 0 Å². The summed E-state index contributed by atoms with van der Waals surface area (Å²) in [6.45, 7) is 4.37. The highest BCUT2D eigenvalue weighted by atomic mass is 19.1. The number of benzene rings is 1. The molecule has 0 aliphatic carbocycles. The van der Waals surface area contributed by atoms with E-state index in [1.807, 2.05) is 13.8 Å². The lowest BCUT2D eigenvalue weighted by Gasteiger charge is -2.11. The van der Waals surface area contributed by atoms with Gasteiger partial charge >= 0.3 is 0 Å². The van der Waals surface area contributed by atoms with Gasteiger partial charge in [-0.25, -0.2) is 8.78 Å². The molecule has 0 bridgehead atoms. The molecular formula is C15H19F2N3O. The van der Waals surface area contributed by atoms with E-state index in [1.165, 1.54) is 12.1 Å². The molecule has 114 valence electrons. The van der Waals surface area contributed by atoms with Gasteiger partial charge in [0.05, 0.1) is 5.69 Å². The maximum absolute atomic E-state index is 13.9. The Morgan fingerprint density at radius 3 is 2.48 bits per heavy atom. The van der Waals surface area contributed by atoms with Crippen LogP contribution in [0.1, 0.15) is 25.1 Å². The second-order valence-corrected chi connectivity index (χ2v) is 5.19. The molecule has 2 aromatic rings. The van der Waals surface area contributed by atoms with E-state index in [2.05, 4.69) is 10.4 Å². The molecule has 0 aliphatic heterocycles. The zero-order valence-electron chi connectivity index (χ0n) is 12.4. The first-order valence-corrected chi connectivity index (χ1v) is 6.78. The summed E-state index contributed by atoms with van der Waals surface area (Å²) in [6.07, 6.45) is 1.74. The van der Waals surface area contributed by atoms with Crippen LogP contribution < -0.4 is 10.1 Å². The normalized spacial score (nSPS) is 11.1. The van der Waals surface area contributed by atoms with E-state index >= 15 is 0 Å². The number of aromatic nitrogens is 2. The van der Waals surface area contributed by atoms with Crippen molar-refractivity contribution in [1.82, 2.24) is 15.1 Å². The Bertz CT molecular complexity index is 588. The lowest BCUT2D eigenvalue weighted by atomic mass is 10.2. The molecule has 0 atom stereocenters. The van der Waals surface area contributed by atoms with Crippen LogP contribution in [0, 0.1) is 11.6 Å². The van der Waals surface area contributed by atoms with Gasteiger partial charge in [-0.15, -0.1) is 0 Å². The molecule has 0 radical (unpaired) electrons. The zero-order chi connectivity index (χ0) is 15.4. The lowest BCUT2D eigenvalue weighted by molar-refractivity contribution is 0.269. The zero-order valence-corrected chi connectivity index (χ0v) is 12.4. The molecule has 0 fully saturated rings. The monoisotopic (exact) mass is 295 g/mol. The highest BCUT2D eigenvalue weighted by Gasteiger charge is 2.13. The van der Waals surface area contributed by atoms with E-state index in [0.29, 0.717) is 17.8 Å². The van der Waals surface area contributed by atoms with Crippen molar-refractivity contribution in [3.8, 4) is 5.75 Å². The molecule has 0 spiro atoms. The molecule has 0 amide bonds. The van der Waals surface area contributed by atoms with Crippen LogP contribution >= 0.6 is 0 Å². The summed E-state index contributed by atoms with van der Waals surface area (Å²) in [5, 5.41) is 7.20. The molecule has 6 heteroatoms. The van der Waals surface area contributed by atoms with Crippen molar-refractivity contribution in [3.63, 3.8) is 0 Å². The van der Waals surface area contributed by atoms with Gasteiger partial charge in [0.1, 0.15) is 6.61 Å². The van der Waals surface area contributed by atoms with Crippen molar-refractivity contribution >= 4 is 0 Å². The van der Waals surface area contributed by atoms with Gasteiger partial charge in [-0.3, -0.25) is 4.68 Å². The lowest BCUT2D eigenvalue weighted by Crippen LogP contribution is -2.22. The van der Waals surface area contributed by atoms with Crippen molar-refractivity contribution in [2.45, 2.75) is 33.0 Å². The molecule has 0 aliphatic rings. The minimum atomic E-state index is -0.702. The van der Waals surface area contributed by atoms with Crippen LogP contribution in [-0.2, 0) is 20.2 Å². The molecule has 1 heterocycles. The third-order valence-electron chi connectivity index (χ3n) is 2.91. The molecule has 0 saturated heterocycles. The van der Waals surface area contributed by atoms with Gasteiger partial charge < -0.3 is 10.1 Å². The number of aryl methyl sites for hydroxylation is 1. The van der Waals surface area contributed by atoms with Crippen molar-refractivity contribution in [1.29, 1.82) is 0 Å². The second-order valence-electron chi connectivity index (χ2n) is 5.19. The number of halogens is 2. The maximum atomic E-state index is 13.9. The molecule has 0 unspecified atom stereocenters. The van der Waals surface area contributed by atoms with Gasteiger partial charge in [0, 0.05) is 25.8 Å². The van der Waals surface area contributed by atoms with Gasteiger partial charge in [-0.05, 0) is 23.8 Å². The molecule has 1 aromatic carbocycles. The fourth-order valence-electron chi connectivity index (χ4n) is 1.86. The first-order valence-electron chi connectivity index (χ1n) is 6.78. The van der Waals surface area contributed by atoms with E-state index in [9.17, 15) is 8.78 Å². The average Bonchev–Trinajstić information content (AvgIpc) is 2.81. The molecule has 21 heavy (non-hydrogen) atoms. The van der Waals surface area contributed by atoms with Crippen molar-refractivity contribution < 1.29 is 13.5 Å². The van der Waals surface area contributed by atoms with Gasteiger partial charge in [0.15, 0.2) is 17.4 Å². The molecule has 4 nitrogen and oxygen atoms in total. The quantitative estimate of drug-likeness (QED) is 0.890. The van der Waals surface area contributed by atoms with Gasteiger partial charge in [-0.1, -0.05) is 13.8 Å². The summed E-state index contributed by atoms with van der Waals surface area (Å²) in [7, 11) is 1.77. The number of hydrogen-bond acceptors (Lipinski definition) is 3. The fourth-order valence-corrected chi connectivity index (χ4v) is 1.86. The van der Waals surface area contributed by atoms with Crippen LogP contribution in [0.25, 0.3) is 0 Å². The minimum absolute atomic E-state index is 0.0261. The third kappa shape index (κ3) is 4.26. The largest absolute Gasteiger partial charge is 0.481 e. The third-order valence-corrected chi connectivity index (χ3v) is 2.91. The first-order chi connectivity index (χ1) is 9.95. The maximum Gasteiger partial charge on any atom is 0.191 e. The van der Waals surface area contributed by atoms with Crippen LogP contribution in [0.2, 0.25) is 0 Å². The highest BCUT2D eigenvalue weighted by Crippen LogP contribution is 2.24. The van der Waals surface area contributed by atoms with Crippen LogP contribution in [0.5, 0.6) is 5.75 Å². The topological polar surface area (TPSA) is 39.1 Å². The number of ether oxygens (including phenoxy) is 1. The van der Waals surface area contributed by atoms with E-state index < -0.39 is 11.6 Å². The second kappa shape index (κ2) is 6.67. The van der Waals surface area contributed by atoms with Crippen molar-refractivity contribution in [2.24, 2.45) is 7.05 Å².